The number of halogens is 1. The molecule has 17 heavy (non-hydrogen) atoms. The lowest BCUT2D eigenvalue weighted by molar-refractivity contribution is 0.274. The first-order valence-corrected chi connectivity index (χ1v) is 8.43. The predicted molar refractivity (Wildman–Crippen MR) is 83.3 cm³/mol. The maximum atomic E-state index is 5.18. The second-order valence-electron chi connectivity index (χ2n) is 5.73. The van der Waals surface area contributed by atoms with Crippen LogP contribution in [0.3, 0.4) is 0 Å². The summed E-state index contributed by atoms with van der Waals surface area (Å²) in [5, 5.41) is 0. The van der Waals surface area contributed by atoms with Crippen LogP contribution in [0.25, 0.3) is 0 Å². The van der Waals surface area contributed by atoms with Gasteiger partial charge in [-0.1, -0.05) is 52.4 Å². The van der Waals surface area contributed by atoms with Gasteiger partial charge in [-0.05, 0) is 37.0 Å². The Bertz CT molecular complexity index is 184. The van der Waals surface area contributed by atoms with Gasteiger partial charge in [0.2, 0.25) is 0 Å². The molecule has 0 radical (unpaired) electrons. The molecule has 1 rings (SSSR count). The summed E-state index contributed by atoms with van der Waals surface area (Å²) >= 11 is 2.02. The molecule has 1 aliphatic carbocycles. The van der Waals surface area contributed by atoms with E-state index in [9.17, 15) is 0 Å². The van der Waals surface area contributed by atoms with Crippen LogP contribution in [0.4, 0.5) is 0 Å². The van der Waals surface area contributed by atoms with Crippen molar-refractivity contribution in [3.8, 4) is 0 Å². The third-order valence-corrected chi connectivity index (χ3v) is 4.88. The fourth-order valence-corrected chi connectivity index (χ4v) is 3.72. The Hall–Kier alpha value is 0.690. The summed E-state index contributed by atoms with van der Waals surface area (Å²) in [7, 11) is 0. The van der Waals surface area contributed by atoms with Gasteiger partial charge in [-0.3, -0.25) is 0 Å². The smallest absolute Gasteiger partial charge is 0.109 e. The summed E-state index contributed by atoms with van der Waals surface area (Å²) < 4.78 is 5.18. The highest BCUT2D eigenvalue weighted by molar-refractivity contribution is 14.1. The molecule has 0 aromatic carbocycles. The van der Waals surface area contributed by atoms with Gasteiger partial charge in [-0.25, -0.2) is 0 Å². The minimum absolute atomic E-state index is 0.950. The first kappa shape index (κ1) is 15.7. The summed E-state index contributed by atoms with van der Waals surface area (Å²) in [5.41, 5.74) is 0. The largest absolute Gasteiger partial charge is 0.316 e. The van der Waals surface area contributed by atoms with Crippen molar-refractivity contribution < 1.29 is 3.07 Å². The average molecular weight is 352 g/mol. The quantitative estimate of drug-likeness (QED) is 0.479. The first-order chi connectivity index (χ1) is 8.31. The van der Waals surface area contributed by atoms with Crippen LogP contribution in [-0.2, 0) is 3.07 Å². The van der Waals surface area contributed by atoms with Crippen molar-refractivity contribution in [2.75, 3.05) is 6.61 Å². The first-order valence-electron chi connectivity index (χ1n) is 7.55. The van der Waals surface area contributed by atoms with Crippen LogP contribution in [0.2, 0.25) is 0 Å². The maximum absolute atomic E-state index is 5.18. The van der Waals surface area contributed by atoms with Crippen molar-refractivity contribution in [3.63, 3.8) is 0 Å². The zero-order chi connectivity index (χ0) is 12.5. The monoisotopic (exact) mass is 352 g/mol. The lowest BCUT2D eigenvalue weighted by Crippen LogP contribution is -2.12. The SMILES string of the molecule is CCCCC(CCC)C1CCC(CCOI)C1. The lowest BCUT2D eigenvalue weighted by Gasteiger charge is -2.23. The van der Waals surface area contributed by atoms with Gasteiger partial charge in [-0.2, -0.15) is 0 Å². The van der Waals surface area contributed by atoms with Crippen molar-refractivity contribution in [1.29, 1.82) is 0 Å². The van der Waals surface area contributed by atoms with E-state index in [-0.39, 0.29) is 0 Å². The molecule has 1 saturated carbocycles. The molecule has 0 N–H and O–H groups in total. The molecule has 0 saturated heterocycles. The van der Waals surface area contributed by atoms with Crippen LogP contribution in [0.1, 0.15) is 71.6 Å². The molecule has 102 valence electrons. The second kappa shape index (κ2) is 9.60. The van der Waals surface area contributed by atoms with Gasteiger partial charge in [0.25, 0.3) is 0 Å². The number of unbranched alkanes of at least 4 members (excludes halogenated alkanes) is 1. The normalized spacial score (nSPS) is 26.3. The van der Waals surface area contributed by atoms with E-state index in [0.29, 0.717) is 0 Å². The Morgan fingerprint density at radius 3 is 2.65 bits per heavy atom. The summed E-state index contributed by atoms with van der Waals surface area (Å²) in [6.45, 7) is 5.61. The summed E-state index contributed by atoms with van der Waals surface area (Å²) in [5.74, 6) is 3.00. The van der Waals surface area contributed by atoms with Gasteiger partial charge in [0.1, 0.15) is 23.0 Å². The predicted octanol–water partition coefficient (Wildman–Crippen LogP) is 5.77. The standard InChI is InChI=1S/C15H29IO/c1-3-5-7-14(6-4-2)15-9-8-13(12-15)10-11-17-16/h13-15H,3-12H2,1-2H3. The van der Waals surface area contributed by atoms with E-state index in [1.54, 1.807) is 0 Å². The number of hydrogen-bond acceptors (Lipinski definition) is 1. The molecule has 0 aromatic rings. The topological polar surface area (TPSA) is 9.23 Å². The molecule has 1 nitrogen and oxygen atoms in total. The van der Waals surface area contributed by atoms with Gasteiger partial charge in [0, 0.05) is 0 Å². The zero-order valence-electron chi connectivity index (χ0n) is 11.6. The van der Waals surface area contributed by atoms with E-state index in [4.69, 9.17) is 3.07 Å². The average Bonchev–Trinajstić information content (AvgIpc) is 2.80. The van der Waals surface area contributed by atoms with E-state index in [1.807, 2.05) is 23.0 Å². The Balaban J connectivity index is 2.31. The maximum Gasteiger partial charge on any atom is 0.109 e. The molecule has 0 aliphatic heterocycles. The molecule has 3 atom stereocenters. The van der Waals surface area contributed by atoms with Crippen LogP contribution in [-0.4, -0.2) is 6.61 Å². The van der Waals surface area contributed by atoms with Gasteiger partial charge in [-0.15, -0.1) is 0 Å². The Kier molecular flexibility index (Phi) is 8.89. The van der Waals surface area contributed by atoms with Crippen LogP contribution >= 0.6 is 23.0 Å². The second-order valence-corrected chi connectivity index (χ2v) is 6.35. The number of rotatable bonds is 9. The zero-order valence-corrected chi connectivity index (χ0v) is 13.7. The van der Waals surface area contributed by atoms with Crippen LogP contribution < -0.4 is 0 Å². The molecule has 3 unspecified atom stereocenters. The van der Waals surface area contributed by atoms with Crippen molar-refractivity contribution in [2.24, 2.45) is 17.8 Å². The number of hydrogen-bond donors (Lipinski definition) is 0. The van der Waals surface area contributed by atoms with Gasteiger partial charge in [0.05, 0.1) is 6.61 Å². The van der Waals surface area contributed by atoms with E-state index < -0.39 is 0 Å². The Morgan fingerprint density at radius 2 is 2.00 bits per heavy atom. The van der Waals surface area contributed by atoms with E-state index in [1.165, 1.54) is 57.8 Å². The highest BCUT2D eigenvalue weighted by Crippen LogP contribution is 2.41. The summed E-state index contributed by atoms with van der Waals surface area (Å²) in [6, 6.07) is 0. The van der Waals surface area contributed by atoms with Crippen molar-refractivity contribution in [1.82, 2.24) is 0 Å². The minimum atomic E-state index is 0.950. The lowest BCUT2D eigenvalue weighted by atomic mass is 9.83. The molecular weight excluding hydrogens is 323 g/mol. The molecule has 0 amide bonds. The molecule has 1 fully saturated rings. The van der Waals surface area contributed by atoms with E-state index >= 15 is 0 Å². The third-order valence-electron chi connectivity index (χ3n) is 4.44. The molecule has 0 spiro atoms. The van der Waals surface area contributed by atoms with E-state index in [0.717, 1.165) is 24.4 Å². The van der Waals surface area contributed by atoms with Gasteiger partial charge in [0.15, 0.2) is 0 Å². The highest BCUT2D eigenvalue weighted by Gasteiger charge is 2.29. The summed E-state index contributed by atoms with van der Waals surface area (Å²) in [4.78, 5) is 0. The van der Waals surface area contributed by atoms with Gasteiger partial charge < -0.3 is 3.07 Å². The minimum Gasteiger partial charge on any atom is -0.316 e. The van der Waals surface area contributed by atoms with Crippen molar-refractivity contribution >= 4 is 23.0 Å². The van der Waals surface area contributed by atoms with E-state index in [2.05, 4.69) is 13.8 Å². The summed E-state index contributed by atoms with van der Waals surface area (Å²) in [6.07, 6.45) is 12.8. The van der Waals surface area contributed by atoms with Crippen LogP contribution in [0, 0.1) is 17.8 Å². The molecule has 2 heteroatoms. The molecule has 0 heterocycles. The molecular formula is C15H29IO. The van der Waals surface area contributed by atoms with Crippen LogP contribution in [0.15, 0.2) is 0 Å². The fraction of sp³-hybridized carbons (Fsp3) is 1.00. The molecule has 0 aromatic heterocycles. The third kappa shape index (κ3) is 5.91. The Labute approximate surface area is 122 Å². The molecule has 1 aliphatic rings. The Morgan fingerprint density at radius 1 is 1.18 bits per heavy atom. The molecule has 0 bridgehead atoms. The van der Waals surface area contributed by atoms with Crippen LogP contribution in [0.5, 0.6) is 0 Å². The highest BCUT2D eigenvalue weighted by atomic mass is 127. The van der Waals surface area contributed by atoms with Gasteiger partial charge >= 0.3 is 0 Å². The van der Waals surface area contributed by atoms with Crippen molar-refractivity contribution in [2.45, 2.75) is 71.6 Å². The fourth-order valence-electron chi connectivity index (χ4n) is 3.47. The van der Waals surface area contributed by atoms with Crippen molar-refractivity contribution in [3.05, 3.63) is 0 Å².